The first-order valence-electron chi connectivity index (χ1n) is 11.9. The van der Waals surface area contributed by atoms with Gasteiger partial charge in [0.2, 0.25) is 5.91 Å². The molecule has 1 amide bonds. The molecule has 0 aliphatic heterocycles. The number of methoxy groups -OCH3 is 1. The lowest BCUT2D eigenvalue weighted by Crippen LogP contribution is -2.34. The Morgan fingerprint density at radius 1 is 0.972 bits per heavy atom. The van der Waals surface area contributed by atoms with Crippen LogP contribution in [0.3, 0.4) is 0 Å². The van der Waals surface area contributed by atoms with Gasteiger partial charge in [0.25, 0.3) is 0 Å². The number of anilines is 1. The number of ether oxygens (including phenoxy) is 1. The van der Waals surface area contributed by atoms with E-state index in [-0.39, 0.29) is 45.9 Å². The Bertz CT molecular complexity index is 1060. The molecule has 4 nitrogen and oxygen atoms in total. The van der Waals surface area contributed by atoms with Crippen molar-refractivity contribution >= 4 is 29.2 Å². The SMILES string of the molecule is COC(=O)CC(c1ccc(Cl)c(NC(=O)[C@H](c2ccc(C(C)(C)C)cc2)[C@@H](C)C(F)(F)F)c1)C(C)C. The molecule has 0 radical (unpaired) electrons. The lowest BCUT2D eigenvalue weighted by molar-refractivity contribution is -0.178. The highest BCUT2D eigenvalue weighted by atomic mass is 35.5. The van der Waals surface area contributed by atoms with Gasteiger partial charge in [0.15, 0.2) is 0 Å². The normalized spacial score (nSPS) is 14.8. The molecule has 198 valence electrons. The van der Waals surface area contributed by atoms with Crippen LogP contribution in [-0.2, 0) is 19.7 Å². The third-order valence-corrected chi connectivity index (χ3v) is 6.86. The topological polar surface area (TPSA) is 55.4 Å². The highest BCUT2D eigenvalue weighted by Gasteiger charge is 2.45. The van der Waals surface area contributed by atoms with Gasteiger partial charge >= 0.3 is 12.1 Å². The van der Waals surface area contributed by atoms with E-state index in [0.29, 0.717) is 0 Å². The van der Waals surface area contributed by atoms with Crippen LogP contribution in [0.2, 0.25) is 5.02 Å². The van der Waals surface area contributed by atoms with Gasteiger partial charge in [-0.2, -0.15) is 13.2 Å². The predicted molar refractivity (Wildman–Crippen MR) is 137 cm³/mol. The Labute approximate surface area is 216 Å². The summed E-state index contributed by atoms with van der Waals surface area (Å²) >= 11 is 6.32. The van der Waals surface area contributed by atoms with E-state index in [0.717, 1.165) is 18.1 Å². The van der Waals surface area contributed by atoms with Crippen LogP contribution in [0.1, 0.15) is 76.5 Å². The molecule has 2 rings (SSSR count). The molecule has 0 aromatic heterocycles. The maximum atomic E-state index is 13.8. The number of benzene rings is 2. The number of amides is 1. The molecular formula is C28H35ClF3NO3. The van der Waals surface area contributed by atoms with Gasteiger partial charge in [0.05, 0.1) is 36.1 Å². The first-order chi connectivity index (χ1) is 16.6. The highest BCUT2D eigenvalue weighted by molar-refractivity contribution is 6.33. The van der Waals surface area contributed by atoms with E-state index in [1.54, 1.807) is 42.5 Å². The Balaban J connectivity index is 2.45. The van der Waals surface area contributed by atoms with E-state index in [2.05, 4.69) is 5.32 Å². The van der Waals surface area contributed by atoms with Crippen LogP contribution in [0.15, 0.2) is 42.5 Å². The van der Waals surface area contributed by atoms with Crippen molar-refractivity contribution in [3.8, 4) is 0 Å². The van der Waals surface area contributed by atoms with Crippen LogP contribution >= 0.6 is 11.6 Å². The molecule has 0 heterocycles. The van der Waals surface area contributed by atoms with E-state index in [1.165, 1.54) is 7.11 Å². The van der Waals surface area contributed by atoms with Crippen LogP contribution in [0, 0.1) is 11.8 Å². The summed E-state index contributed by atoms with van der Waals surface area (Å²) in [6.07, 6.45) is -4.46. The van der Waals surface area contributed by atoms with E-state index in [1.807, 2.05) is 34.6 Å². The zero-order valence-corrected chi connectivity index (χ0v) is 22.6. The molecule has 0 saturated heterocycles. The second-order valence-corrected chi connectivity index (χ2v) is 10.9. The van der Waals surface area contributed by atoms with E-state index in [9.17, 15) is 22.8 Å². The highest BCUT2D eigenvalue weighted by Crippen LogP contribution is 2.40. The van der Waals surface area contributed by atoms with Crippen molar-refractivity contribution in [3.05, 3.63) is 64.2 Å². The minimum absolute atomic E-state index is 0.0631. The second-order valence-electron chi connectivity index (χ2n) is 10.5. The first kappa shape index (κ1) is 29.7. The molecule has 1 unspecified atom stereocenters. The number of carbonyl (C=O) groups is 2. The van der Waals surface area contributed by atoms with Crippen LogP contribution < -0.4 is 5.32 Å². The molecule has 3 atom stereocenters. The number of hydrogen-bond acceptors (Lipinski definition) is 3. The molecule has 1 N–H and O–H groups in total. The molecule has 0 saturated carbocycles. The summed E-state index contributed by atoms with van der Waals surface area (Å²) in [5.41, 5.74) is 1.96. The summed E-state index contributed by atoms with van der Waals surface area (Å²) in [5, 5.41) is 2.81. The van der Waals surface area contributed by atoms with Gasteiger partial charge in [-0.05, 0) is 46.1 Å². The standard InChI is InChI=1S/C28H35ClF3NO3/c1-16(2)21(15-24(34)36-7)19-10-13-22(29)23(14-19)33-26(35)25(17(3)28(30,31)32)18-8-11-20(12-9-18)27(4,5)6/h8-14,16-17,21,25H,15H2,1-7H3,(H,33,35)/t17-,21?,25+/m1/s1. The van der Waals surface area contributed by atoms with Crippen molar-refractivity contribution in [2.45, 2.75) is 71.4 Å². The van der Waals surface area contributed by atoms with Crippen LogP contribution in [0.25, 0.3) is 0 Å². The zero-order chi connectivity index (χ0) is 27.4. The van der Waals surface area contributed by atoms with Crippen LogP contribution in [0.4, 0.5) is 18.9 Å². The van der Waals surface area contributed by atoms with Gasteiger partial charge in [0, 0.05) is 0 Å². The molecule has 0 spiro atoms. The Kier molecular flexibility index (Phi) is 9.63. The molecular weight excluding hydrogens is 491 g/mol. The zero-order valence-electron chi connectivity index (χ0n) is 21.8. The third kappa shape index (κ3) is 7.48. The van der Waals surface area contributed by atoms with Gasteiger partial charge in [-0.25, -0.2) is 0 Å². The fraction of sp³-hybridized carbons (Fsp3) is 0.500. The van der Waals surface area contributed by atoms with Crippen molar-refractivity contribution in [3.63, 3.8) is 0 Å². The fourth-order valence-corrected chi connectivity index (χ4v) is 4.29. The van der Waals surface area contributed by atoms with Gasteiger partial charge in [-0.3, -0.25) is 9.59 Å². The number of hydrogen-bond donors (Lipinski definition) is 1. The molecule has 8 heteroatoms. The Morgan fingerprint density at radius 2 is 1.53 bits per heavy atom. The van der Waals surface area contributed by atoms with Gasteiger partial charge in [0.1, 0.15) is 0 Å². The number of esters is 1. The number of nitrogens with one attached hydrogen (secondary N) is 1. The maximum absolute atomic E-state index is 13.8. The van der Waals surface area contributed by atoms with Crippen molar-refractivity contribution in [1.82, 2.24) is 0 Å². The largest absolute Gasteiger partial charge is 0.469 e. The second kappa shape index (κ2) is 11.7. The molecule has 2 aromatic rings. The maximum Gasteiger partial charge on any atom is 0.392 e. The first-order valence-corrected chi connectivity index (χ1v) is 12.3. The Morgan fingerprint density at radius 3 is 2.00 bits per heavy atom. The summed E-state index contributed by atoms with van der Waals surface area (Å²) in [6.45, 7) is 10.9. The van der Waals surface area contributed by atoms with E-state index < -0.39 is 23.9 Å². The van der Waals surface area contributed by atoms with E-state index >= 15 is 0 Å². The quantitative estimate of drug-likeness (QED) is 0.357. The summed E-state index contributed by atoms with van der Waals surface area (Å²) < 4.78 is 46.2. The van der Waals surface area contributed by atoms with Gasteiger partial charge < -0.3 is 10.1 Å². The average Bonchev–Trinajstić information content (AvgIpc) is 2.78. The van der Waals surface area contributed by atoms with Crippen LogP contribution in [-0.4, -0.2) is 25.2 Å². The summed E-state index contributed by atoms with van der Waals surface area (Å²) in [6, 6.07) is 11.6. The van der Waals surface area contributed by atoms with Gasteiger partial charge in [-0.15, -0.1) is 0 Å². The molecule has 0 fully saturated rings. The molecule has 0 aliphatic rings. The van der Waals surface area contributed by atoms with Crippen LogP contribution in [0.5, 0.6) is 0 Å². The number of halogens is 4. The third-order valence-electron chi connectivity index (χ3n) is 6.53. The molecule has 0 bridgehead atoms. The lowest BCUT2D eigenvalue weighted by atomic mass is 9.82. The van der Waals surface area contributed by atoms with Crippen molar-refractivity contribution in [2.24, 2.45) is 11.8 Å². The minimum Gasteiger partial charge on any atom is -0.469 e. The number of carbonyl (C=O) groups excluding carboxylic acids is 2. The Hall–Kier alpha value is -2.54. The minimum atomic E-state index is -4.58. The monoisotopic (exact) mass is 525 g/mol. The van der Waals surface area contributed by atoms with Crippen molar-refractivity contribution in [1.29, 1.82) is 0 Å². The summed E-state index contributed by atoms with van der Waals surface area (Å²) in [7, 11) is 1.31. The predicted octanol–water partition coefficient (Wildman–Crippen LogP) is 7.86. The lowest BCUT2D eigenvalue weighted by Gasteiger charge is -2.27. The summed E-state index contributed by atoms with van der Waals surface area (Å²) in [5.74, 6) is -4.76. The smallest absolute Gasteiger partial charge is 0.392 e. The van der Waals surface area contributed by atoms with Gasteiger partial charge in [-0.1, -0.05) is 83.5 Å². The fourth-order valence-electron chi connectivity index (χ4n) is 4.13. The van der Waals surface area contributed by atoms with E-state index in [4.69, 9.17) is 16.3 Å². The number of rotatable bonds is 8. The molecule has 2 aromatic carbocycles. The number of alkyl halides is 3. The van der Waals surface area contributed by atoms with Crippen molar-refractivity contribution in [2.75, 3.05) is 12.4 Å². The molecule has 0 aliphatic carbocycles. The average molecular weight is 526 g/mol. The summed E-state index contributed by atoms with van der Waals surface area (Å²) in [4.78, 5) is 25.2. The molecule has 36 heavy (non-hydrogen) atoms. The van der Waals surface area contributed by atoms with Crippen molar-refractivity contribution < 1.29 is 27.5 Å².